The number of fused-ring (bicyclic) bond motifs is 1. The van der Waals surface area contributed by atoms with E-state index in [0.29, 0.717) is 5.82 Å². The second-order valence-electron chi connectivity index (χ2n) is 6.80. The zero-order valence-electron chi connectivity index (χ0n) is 15.6. The van der Waals surface area contributed by atoms with Gasteiger partial charge in [0.05, 0.1) is 11.2 Å². The summed E-state index contributed by atoms with van der Waals surface area (Å²) in [5.41, 5.74) is 6.30. The summed E-state index contributed by atoms with van der Waals surface area (Å²) < 4.78 is 0.984. The highest BCUT2D eigenvalue weighted by Crippen LogP contribution is 2.36. The molecule has 0 atom stereocenters. The Bertz CT molecular complexity index is 1310. The Balaban J connectivity index is 1.82. The summed E-state index contributed by atoms with van der Waals surface area (Å²) in [7, 11) is 0. The van der Waals surface area contributed by atoms with Gasteiger partial charge in [-0.05, 0) is 23.3 Å². The summed E-state index contributed by atoms with van der Waals surface area (Å²) in [4.78, 5) is 9.90. The van der Waals surface area contributed by atoms with Gasteiger partial charge in [0.1, 0.15) is 0 Å². The molecule has 0 aliphatic carbocycles. The van der Waals surface area contributed by atoms with Crippen molar-refractivity contribution in [2.45, 2.75) is 0 Å². The summed E-state index contributed by atoms with van der Waals surface area (Å²) in [5.74, 6) is 0.717. The molecule has 3 heteroatoms. The highest BCUT2D eigenvalue weighted by molar-refractivity contribution is 9.10. The maximum Gasteiger partial charge on any atom is 0.161 e. The maximum atomic E-state index is 5.05. The molecule has 4 aromatic carbocycles. The average Bonchev–Trinajstić information content (AvgIpc) is 2.79. The fourth-order valence-corrected chi connectivity index (χ4v) is 4.07. The van der Waals surface area contributed by atoms with Crippen LogP contribution in [0, 0.1) is 0 Å². The third-order valence-electron chi connectivity index (χ3n) is 4.98. The fraction of sp³-hybridized carbons (Fsp3) is 0. The molecule has 0 unspecified atom stereocenters. The van der Waals surface area contributed by atoms with Crippen LogP contribution in [0.15, 0.2) is 108 Å². The lowest BCUT2D eigenvalue weighted by molar-refractivity contribution is 1.22. The van der Waals surface area contributed by atoms with E-state index < -0.39 is 0 Å². The first-order chi connectivity index (χ1) is 14.3. The van der Waals surface area contributed by atoms with Gasteiger partial charge in [0.25, 0.3) is 0 Å². The van der Waals surface area contributed by atoms with Gasteiger partial charge >= 0.3 is 0 Å². The SMILES string of the molecule is Brc1ccccc1-c1nc(-c2ccccc2-c2ccccc2)c2ccccc2n1. The smallest absolute Gasteiger partial charge is 0.161 e. The van der Waals surface area contributed by atoms with Crippen LogP contribution < -0.4 is 0 Å². The molecule has 1 aromatic heterocycles. The molecule has 2 nitrogen and oxygen atoms in total. The molecule has 0 aliphatic heterocycles. The monoisotopic (exact) mass is 436 g/mol. The molecule has 0 aliphatic rings. The predicted molar refractivity (Wildman–Crippen MR) is 124 cm³/mol. The Hall–Kier alpha value is -3.30. The number of rotatable bonds is 3. The van der Waals surface area contributed by atoms with Gasteiger partial charge in [0, 0.05) is 21.0 Å². The van der Waals surface area contributed by atoms with E-state index in [9.17, 15) is 0 Å². The summed E-state index contributed by atoms with van der Waals surface area (Å²) in [6.07, 6.45) is 0. The van der Waals surface area contributed by atoms with Crippen molar-refractivity contribution in [3.8, 4) is 33.8 Å². The molecule has 5 aromatic rings. The number of benzene rings is 4. The Kier molecular flexibility index (Phi) is 4.66. The van der Waals surface area contributed by atoms with Crippen LogP contribution in [-0.2, 0) is 0 Å². The van der Waals surface area contributed by atoms with E-state index in [-0.39, 0.29) is 0 Å². The van der Waals surface area contributed by atoms with E-state index in [1.165, 1.54) is 5.56 Å². The van der Waals surface area contributed by atoms with Crippen LogP contribution in [0.2, 0.25) is 0 Å². The lowest BCUT2D eigenvalue weighted by atomic mass is 9.95. The van der Waals surface area contributed by atoms with E-state index in [0.717, 1.165) is 37.8 Å². The summed E-state index contributed by atoms with van der Waals surface area (Å²) in [6.45, 7) is 0. The Morgan fingerprint density at radius 3 is 1.93 bits per heavy atom. The van der Waals surface area contributed by atoms with E-state index in [2.05, 4.69) is 70.5 Å². The number of aromatic nitrogens is 2. The second-order valence-corrected chi connectivity index (χ2v) is 7.66. The lowest BCUT2D eigenvalue weighted by Crippen LogP contribution is -1.97. The van der Waals surface area contributed by atoms with Crippen LogP contribution in [0.25, 0.3) is 44.7 Å². The van der Waals surface area contributed by atoms with Gasteiger partial charge in [-0.2, -0.15) is 0 Å². The van der Waals surface area contributed by atoms with Crippen LogP contribution in [0.4, 0.5) is 0 Å². The van der Waals surface area contributed by atoms with Crippen LogP contribution in [0.3, 0.4) is 0 Å². The van der Waals surface area contributed by atoms with Crippen molar-refractivity contribution in [3.05, 3.63) is 108 Å². The highest BCUT2D eigenvalue weighted by Gasteiger charge is 2.15. The normalized spacial score (nSPS) is 10.9. The van der Waals surface area contributed by atoms with Gasteiger partial charge in [-0.15, -0.1) is 0 Å². The van der Waals surface area contributed by atoms with Crippen molar-refractivity contribution in [3.63, 3.8) is 0 Å². The predicted octanol–water partition coefficient (Wildman–Crippen LogP) is 7.39. The Labute approximate surface area is 178 Å². The first kappa shape index (κ1) is 17.8. The third kappa shape index (κ3) is 3.34. The van der Waals surface area contributed by atoms with Crippen LogP contribution in [-0.4, -0.2) is 9.97 Å². The number of para-hydroxylation sites is 1. The van der Waals surface area contributed by atoms with Crippen LogP contribution in [0.5, 0.6) is 0 Å². The minimum Gasteiger partial charge on any atom is -0.228 e. The zero-order chi connectivity index (χ0) is 19.6. The van der Waals surface area contributed by atoms with Gasteiger partial charge in [-0.25, -0.2) is 9.97 Å². The van der Waals surface area contributed by atoms with Crippen molar-refractivity contribution >= 4 is 26.8 Å². The molecule has 138 valence electrons. The van der Waals surface area contributed by atoms with E-state index in [4.69, 9.17) is 9.97 Å². The molecule has 0 bridgehead atoms. The maximum absolute atomic E-state index is 5.05. The quantitative estimate of drug-likeness (QED) is 0.294. The van der Waals surface area contributed by atoms with Crippen molar-refractivity contribution in [1.29, 1.82) is 0 Å². The molecule has 5 rings (SSSR count). The third-order valence-corrected chi connectivity index (χ3v) is 5.68. The highest BCUT2D eigenvalue weighted by atomic mass is 79.9. The molecule has 0 fully saturated rings. The largest absolute Gasteiger partial charge is 0.228 e. The molecule has 0 radical (unpaired) electrons. The van der Waals surface area contributed by atoms with Gasteiger partial charge in [0.15, 0.2) is 5.82 Å². The molecular formula is C26H17BrN2. The fourth-order valence-electron chi connectivity index (χ4n) is 3.60. The van der Waals surface area contributed by atoms with Crippen LogP contribution >= 0.6 is 15.9 Å². The molecule has 0 saturated heterocycles. The molecule has 29 heavy (non-hydrogen) atoms. The van der Waals surface area contributed by atoms with Crippen molar-refractivity contribution in [2.24, 2.45) is 0 Å². The standard InChI is InChI=1S/C26H17BrN2/c27-23-16-8-6-14-21(23)26-28-24-17-9-7-15-22(24)25(29-26)20-13-5-4-12-19(20)18-10-2-1-3-11-18/h1-17H. The summed E-state index contributed by atoms with van der Waals surface area (Å²) in [5, 5.41) is 1.05. The average molecular weight is 437 g/mol. The topological polar surface area (TPSA) is 25.8 Å². The lowest BCUT2D eigenvalue weighted by Gasteiger charge is -2.14. The van der Waals surface area contributed by atoms with Gasteiger partial charge in [0.2, 0.25) is 0 Å². The molecule has 1 heterocycles. The van der Waals surface area contributed by atoms with Gasteiger partial charge < -0.3 is 0 Å². The molecule has 0 N–H and O–H groups in total. The van der Waals surface area contributed by atoms with E-state index >= 15 is 0 Å². The first-order valence-corrected chi connectivity index (χ1v) is 10.3. The second kappa shape index (κ2) is 7.61. The number of nitrogens with zero attached hydrogens (tertiary/aromatic N) is 2. The van der Waals surface area contributed by atoms with Crippen molar-refractivity contribution in [1.82, 2.24) is 9.97 Å². The van der Waals surface area contributed by atoms with Gasteiger partial charge in [-0.3, -0.25) is 0 Å². The molecule has 0 amide bonds. The Morgan fingerprint density at radius 1 is 0.517 bits per heavy atom. The molecule has 0 saturated carbocycles. The van der Waals surface area contributed by atoms with E-state index in [1.807, 2.05) is 48.5 Å². The molecule has 0 spiro atoms. The molecular weight excluding hydrogens is 420 g/mol. The minimum absolute atomic E-state index is 0.717. The summed E-state index contributed by atoms with van der Waals surface area (Å²) >= 11 is 3.65. The minimum atomic E-state index is 0.717. The van der Waals surface area contributed by atoms with E-state index in [1.54, 1.807) is 0 Å². The number of hydrogen-bond donors (Lipinski definition) is 0. The van der Waals surface area contributed by atoms with Crippen LogP contribution in [0.1, 0.15) is 0 Å². The zero-order valence-corrected chi connectivity index (χ0v) is 17.2. The Morgan fingerprint density at radius 2 is 1.14 bits per heavy atom. The summed E-state index contributed by atoms with van der Waals surface area (Å²) in [6, 6.07) is 35.1. The number of hydrogen-bond acceptors (Lipinski definition) is 2. The number of halogens is 1. The van der Waals surface area contributed by atoms with Gasteiger partial charge in [-0.1, -0.05) is 107 Å². The van der Waals surface area contributed by atoms with Crippen molar-refractivity contribution in [2.75, 3.05) is 0 Å². The van der Waals surface area contributed by atoms with Crippen molar-refractivity contribution < 1.29 is 0 Å². The first-order valence-electron chi connectivity index (χ1n) is 9.48.